The molecular formula is C14H24FN3O. The van der Waals surface area contributed by atoms with Crippen molar-refractivity contribution in [1.82, 2.24) is 4.90 Å². The van der Waals surface area contributed by atoms with Crippen molar-refractivity contribution >= 4 is 11.4 Å². The fraction of sp³-hybridized carbons (Fsp3) is 0.571. The average molecular weight is 269 g/mol. The highest BCUT2D eigenvalue weighted by Gasteiger charge is 2.08. The van der Waals surface area contributed by atoms with E-state index < -0.39 is 0 Å². The number of rotatable bonds is 8. The Bertz CT molecular complexity index is 395. The lowest BCUT2D eigenvalue weighted by atomic mass is 10.2. The van der Waals surface area contributed by atoms with Gasteiger partial charge < -0.3 is 20.7 Å². The predicted octanol–water partition coefficient (Wildman–Crippen LogP) is 2.56. The monoisotopic (exact) mass is 269 g/mol. The number of nitrogens with one attached hydrogen (secondary N) is 1. The Hall–Kier alpha value is -1.49. The summed E-state index contributed by atoms with van der Waals surface area (Å²) in [4.78, 5) is 2.33. The topological polar surface area (TPSA) is 50.5 Å². The smallest absolute Gasteiger partial charge is 0.148 e. The van der Waals surface area contributed by atoms with Crippen LogP contribution >= 0.6 is 0 Å². The molecule has 3 N–H and O–H groups in total. The van der Waals surface area contributed by atoms with Gasteiger partial charge in [-0.25, -0.2) is 4.39 Å². The molecule has 0 radical (unpaired) electrons. The molecule has 0 saturated carbocycles. The van der Waals surface area contributed by atoms with E-state index in [1.165, 1.54) is 13.2 Å². The molecule has 0 aliphatic heterocycles. The van der Waals surface area contributed by atoms with Crippen LogP contribution < -0.4 is 15.8 Å². The maximum absolute atomic E-state index is 13.7. The van der Waals surface area contributed by atoms with E-state index >= 15 is 0 Å². The average Bonchev–Trinajstić information content (AvgIpc) is 2.41. The van der Waals surface area contributed by atoms with Crippen molar-refractivity contribution in [2.45, 2.75) is 20.3 Å². The number of benzene rings is 1. The van der Waals surface area contributed by atoms with Crippen molar-refractivity contribution < 1.29 is 9.13 Å². The predicted molar refractivity (Wildman–Crippen MR) is 78.3 cm³/mol. The second kappa shape index (κ2) is 7.84. The molecule has 5 heteroatoms. The lowest BCUT2D eigenvalue weighted by molar-refractivity contribution is 0.303. The fourth-order valence-corrected chi connectivity index (χ4v) is 1.95. The third kappa shape index (κ3) is 4.59. The number of methoxy groups -OCH3 is 1. The molecule has 4 nitrogen and oxygen atoms in total. The van der Waals surface area contributed by atoms with E-state index in [1.54, 1.807) is 6.07 Å². The Morgan fingerprint density at radius 1 is 1.32 bits per heavy atom. The molecule has 0 aromatic heterocycles. The zero-order chi connectivity index (χ0) is 14.3. The Labute approximate surface area is 114 Å². The highest BCUT2D eigenvalue weighted by molar-refractivity contribution is 5.62. The van der Waals surface area contributed by atoms with Gasteiger partial charge in [-0.2, -0.15) is 0 Å². The zero-order valence-electron chi connectivity index (χ0n) is 12.0. The standard InChI is InChI=1S/C14H24FN3O/c1-4-18(5-2)8-6-7-17-13-10-14(19-3)12(16)9-11(13)15/h9-10,17H,4-8,16H2,1-3H3. The Morgan fingerprint density at radius 2 is 2.00 bits per heavy atom. The Kier molecular flexibility index (Phi) is 6.42. The minimum absolute atomic E-state index is 0.314. The molecule has 0 unspecified atom stereocenters. The number of nitrogens with two attached hydrogens (primary N) is 1. The first-order valence-electron chi connectivity index (χ1n) is 6.71. The maximum Gasteiger partial charge on any atom is 0.148 e. The number of ether oxygens (including phenoxy) is 1. The summed E-state index contributed by atoms with van der Waals surface area (Å²) in [6.45, 7) is 8.10. The normalized spacial score (nSPS) is 10.8. The van der Waals surface area contributed by atoms with Gasteiger partial charge in [0.2, 0.25) is 0 Å². The molecule has 0 aliphatic carbocycles. The maximum atomic E-state index is 13.7. The molecular weight excluding hydrogens is 245 g/mol. The first-order valence-corrected chi connectivity index (χ1v) is 6.71. The molecule has 0 saturated heterocycles. The van der Waals surface area contributed by atoms with Gasteiger partial charge in [0.1, 0.15) is 11.6 Å². The van der Waals surface area contributed by atoms with Gasteiger partial charge in [-0.15, -0.1) is 0 Å². The summed E-state index contributed by atoms with van der Waals surface area (Å²) in [5.41, 5.74) is 6.38. The minimum Gasteiger partial charge on any atom is -0.495 e. The van der Waals surface area contributed by atoms with Gasteiger partial charge in [0, 0.05) is 18.7 Å². The summed E-state index contributed by atoms with van der Waals surface area (Å²) in [6, 6.07) is 2.88. The zero-order valence-corrected chi connectivity index (χ0v) is 12.0. The van der Waals surface area contributed by atoms with Crippen molar-refractivity contribution in [2.75, 3.05) is 44.3 Å². The van der Waals surface area contributed by atoms with E-state index in [1.807, 2.05) is 0 Å². The molecule has 0 atom stereocenters. The lowest BCUT2D eigenvalue weighted by Crippen LogP contribution is -2.25. The first-order chi connectivity index (χ1) is 9.12. The van der Waals surface area contributed by atoms with Crippen molar-refractivity contribution in [3.63, 3.8) is 0 Å². The van der Waals surface area contributed by atoms with Gasteiger partial charge in [0.15, 0.2) is 0 Å². The van der Waals surface area contributed by atoms with E-state index in [4.69, 9.17) is 10.5 Å². The van der Waals surface area contributed by atoms with Crippen molar-refractivity contribution in [3.05, 3.63) is 17.9 Å². The number of anilines is 2. The SMILES string of the molecule is CCN(CC)CCCNc1cc(OC)c(N)cc1F. The van der Waals surface area contributed by atoms with Crippen LogP contribution in [0.5, 0.6) is 5.75 Å². The summed E-state index contributed by atoms with van der Waals surface area (Å²) in [5, 5.41) is 3.08. The van der Waals surface area contributed by atoms with E-state index in [0.717, 1.165) is 32.6 Å². The molecule has 1 rings (SSSR count). The highest BCUT2D eigenvalue weighted by Crippen LogP contribution is 2.28. The van der Waals surface area contributed by atoms with Gasteiger partial charge in [0.05, 0.1) is 18.5 Å². The number of nitrogen functional groups attached to an aromatic ring is 1. The molecule has 108 valence electrons. The van der Waals surface area contributed by atoms with Crippen LogP contribution in [0.3, 0.4) is 0 Å². The molecule has 0 amide bonds. The molecule has 1 aromatic rings. The first kappa shape index (κ1) is 15.6. The quantitative estimate of drug-likeness (QED) is 0.562. The van der Waals surface area contributed by atoms with E-state index in [9.17, 15) is 4.39 Å². The van der Waals surface area contributed by atoms with Crippen molar-refractivity contribution in [2.24, 2.45) is 0 Å². The summed E-state index contributed by atoms with van der Waals surface area (Å²) < 4.78 is 18.8. The van der Waals surface area contributed by atoms with E-state index in [0.29, 0.717) is 17.1 Å². The van der Waals surface area contributed by atoms with Gasteiger partial charge in [-0.05, 0) is 26.1 Å². The van der Waals surface area contributed by atoms with E-state index in [-0.39, 0.29) is 5.82 Å². The minimum atomic E-state index is -0.346. The molecule has 1 aromatic carbocycles. The van der Waals surface area contributed by atoms with Crippen LogP contribution in [0.2, 0.25) is 0 Å². The number of halogens is 1. The number of nitrogens with zero attached hydrogens (tertiary/aromatic N) is 1. The molecule has 0 fully saturated rings. The third-order valence-corrected chi connectivity index (χ3v) is 3.18. The van der Waals surface area contributed by atoms with Crippen LogP contribution in [0.4, 0.5) is 15.8 Å². The van der Waals surface area contributed by atoms with Crippen LogP contribution in [0.25, 0.3) is 0 Å². The molecule has 19 heavy (non-hydrogen) atoms. The molecule has 0 spiro atoms. The summed E-state index contributed by atoms with van der Waals surface area (Å²) >= 11 is 0. The lowest BCUT2D eigenvalue weighted by Gasteiger charge is -2.18. The Balaban J connectivity index is 2.49. The summed E-state index contributed by atoms with van der Waals surface area (Å²) in [6.07, 6.45) is 0.966. The molecule has 0 heterocycles. The highest BCUT2D eigenvalue weighted by atomic mass is 19.1. The summed E-state index contributed by atoms with van der Waals surface area (Å²) in [7, 11) is 1.52. The van der Waals surface area contributed by atoms with Gasteiger partial charge in [-0.1, -0.05) is 13.8 Å². The van der Waals surface area contributed by atoms with Crippen LogP contribution in [-0.2, 0) is 0 Å². The van der Waals surface area contributed by atoms with Crippen LogP contribution in [-0.4, -0.2) is 38.2 Å². The van der Waals surface area contributed by atoms with Crippen LogP contribution in [0.15, 0.2) is 12.1 Å². The van der Waals surface area contributed by atoms with Crippen molar-refractivity contribution in [3.8, 4) is 5.75 Å². The second-order valence-corrected chi connectivity index (χ2v) is 4.38. The van der Waals surface area contributed by atoms with Gasteiger partial charge in [0.25, 0.3) is 0 Å². The van der Waals surface area contributed by atoms with Gasteiger partial charge >= 0.3 is 0 Å². The van der Waals surface area contributed by atoms with Crippen LogP contribution in [0.1, 0.15) is 20.3 Å². The molecule has 0 aliphatic rings. The van der Waals surface area contributed by atoms with Crippen LogP contribution in [0, 0.1) is 5.82 Å². The number of hydrogen-bond donors (Lipinski definition) is 2. The fourth-order valence-electron chi connectivity index (χ4n) is 1.95. The Morgan fingerprint density at radius 3 is 2.58 bits per heavy atom. The summed E-state index contributed by atoms with van der Waals surface area (Å²) in [5.74, 6) is 0.147. The molecule has 0 bridgehead atoms. The number of hydrogen-bond acceptors (Lipinski definition) is 4. The van der Waals surface area contributed by atoms with Gasteiger partial charge in [-0.3, -0.25) is 0 Å². The largest absolute Gasteiger partial charge is 0.495 e. The van der Waals surface area contributed by atoms with E-state index in [2.05, 4.69) is 24.1 Å². The second-order valence-electron chi connectivity index (χ2n) is 4.38. The third-order valence-electron chi connectivity index (χ3n) is 3.18. The van der Waals surface area contributed by atoms with Crippen molar-refractivity contribution in [1.29, 1.82) is 0 Å².